The molecule has 0 spiro atoms. The second kappa shape index (κ2) is 5.78. The van der Waals surface area contributed by atoms with E-state index in [4.69, 9.17) is 10.4 Å². The zero-order chi connectivity index (χ0) is 14.6. The minimum Gasteiger partial charge on any atom is -0.268 e. The van der Waals surface area contributed by atoms with Gasteiger partial charge < -0.3 is 0 Å². The Hall–Kier alpha value is -2.29. The third kappa shape index (κ3) is 3.38. The molecule has 0 radical (unpaired) electrons. The van der Waals surface area contributed by atoms with Gasteiger partial charge in [-0.1, -0.05) is 30.3 Å². The lowest BCUT2D eigenvalue weighted by atomic mass is 10.3. The third-order valence-corrected chi connectivity index (χ3v) is 3.09. The number of rotatable bonds is 4. The second-order valence-corrected chi connectivity index (χ2v) is 5.09. The first-order chi connectivity index (χ1) is 9.48. The highest BCUT2D eigenvalue weighted by Gasteiger charge is 2.18. The minimum atomic E-state index is -4.55. The minimum absolute atomic E-state index is 0.0229. The van der Waals surface area contributed by atoms with Crippen LogP contribution in [-0.4, -0.2) is 13.0 Å². The Bertz CT molecular complexity index is 716. The summed E-state index contributed by atoms with van der Waals surface area (Å²) in [5.41, 5.74) is 0.851. The summed E-state index contributed by atoms with van der Waals surface area (Å²) in [7, 11) is -4.55. The molecule has 0 aliphatic rings. The van der Waals surface area contributed by atoms with Crippen molar-refractivity contribution in [1.29, 1.82) is 0 Å². The quantitative estimate of drug-likeness (QED) is 0.390. The second-order valence-electron chi connectivity index (χ2n) is 3.80. The molecule has 2 rings (SSSR count). The monoisotopic (exact) mass is 292 g/mol. The van der Waals surface area contributed by atoms with Crippen LogP contribution in [0, 0.1) is 0 Å². The van der Waals surface area contributed by atoms with Crippen molar-refractivity contribution >= 4 is 27.4 Å². The van der Waals surface area contributed by atoms with Crippen LogP contribution in [0.4, 0.5) is 17.1 Å². The highest BCUT2D eigenvalue weighted by Crippen LogP contribution is 2.29. The fourth-order valence-corrected chi connectivity index (χ4v) is 1.87. The molecule has 2 aromatic rings. The average Bonchev–Trinajstić information content (AvgIpc) is 2.45. The predicted molar refractivity (Wildman–Crippen MR) is 75.3 cm³/mol. The summed E-state index contributed by atoms with van der Waals surface area (Å²) in [4.78, 5) is 0. The van der Waals surface area contributed by atoms with Gasteiger partial charge in [0.05, 0.1) is 11.4 Å². The van der Waals surface area contributed by atoms with E-state index in [0.29, 0.717) is 5.69 Å². The van der Waals surface area contributed by atoms with Crippen molar-refractivity contribution in [2.45, 2.75) is 0 Å². The number of azo groups is 1. The number of anilines is 1. The molecule has 0 saturated carbocycles. The Morgan fingerprint density at radius 2 is 1.55 bits per heavy atom. The number of para-hydroxylation sites is 1. The first kappa shape index (κ1) is 14.1. The summed E-state index contributed by atoms with van der Waals surface area (Å²) in [6, 6.07) is 15.1. The van der Waals surface area contributed by atoms with Crippen molar-refractivity contribution in [3.63, 3.8) is 0 Å². The Kier molecular flexibility index (Phi) is 4.08. The van der Waals surface area contributed by atoms with Gasteiger partial charge in [-0.25, -0.2) is 5.84 Å². The smallest absolute Gasteiger partial charge is 0.268 e. The zero-order valence-corrected chi connectivity index (χ0v) is 11.1. The molecule has 8 heteroatoms. The van der Waals surface area contributed by atoms with Crippen molar-refractivity contribution in [3.8, 4) is 0 Å². The largest absolute Gasteiger partial charge is 0.373 e. The molecule has 0 aliphatic carbocycles. The number of hydrogen-bond donors (Lipinski definition) is 2. The number of nitrogens with zero attached hydrogens (tertiary/aromatic N) is 3. The van der Waals surface area contributed by atoms with E-state index in [-0.39, 0.29) is 15.8 Å². The molecule has 0 amide bonds. The molecule has 20 heavy (non-hydrogen) atoms. The van der Waals surface area contributed by atoms with Crippen LogP contribution in [0.5, 0.6) is 0 Å². The fourth-order valence-electron chi connectivity index (χ4n) is 1.47. The van der Waals surface area contributed by atoms with Crippen molar-refractivity contribution < 1.29 is 13.0 Å². The molecule has 7 nitrogen and oxygen atoms in total. The molecule has 104 valence electrons. The first-order valence-corrected chi connectivity index (χ1v) is 6.96. The fraction of sp³-hybridized carbons (Fsp3) is 0. The first-order valence-electron chi connectivity index (χ1n) is 5.57. The summed E-state index contributed by atoms with van der Waals surface area (Å²) in [5.74, 6) is 5.34. The van der Waals surface area contributed by atoms with Crippen molar-refractivity contribution in [1.82, 2.24) is 0 Å². The molecule has 0 bridgehead atoms. The summed E-state index contributed by atoms with van der Waals surface area (Å²) in [6.07, 6.45) is 0. The molecule has 0 aliphatic heterocycles. The molecule has 2 aromatic carbocycles. The molecule has 3 N–H and O–H groups in total. The molecule has 0 saturated heterocycles. The predicted octanol–water partition coefficient (Wildman–Crippen LogP) is 2.58. The summed E-state index contributed by atoms with van der Waals surface area (Å²) >= 11 is 0. The van der Waals surface area contributed by atoms with Crippen molar-refractivity contribution in [2.24, 2.45) is 16.1 Å². The maximum Gasteiger partial charge on any atom is 0.373 e. The van der Waals surface area contributed by atoms with Gasteiger partial charge in [-0.2, -0.15) is 17.9 Å². The Balaban J connectivity index is 2.36. The van der Waals surface area contributed by atoms with Gasteiger partial charge in [-0.3, -0.25) is 4.55 Å². The number of hydrogen-bond acceptors (Lipinski definition) is 5. The van der Waals surface area contributed by atoms with E-state index >= 15 is 0 Å². The Morgan fingerprint density at radius 3 is 2.20 bits per heavy atom. The van der Waals surface area contributed by atoms with E-state index in [1.54, 1.807) is 36.4 Å². The molecular formula is C12H12N4O3S. The number of benzene rings is 2. The maximum absolute atomic E-state index is 11.0. The average molecular weight is 292 g/mol. The van der Waals surface area contributed by atoms with E-state index in [9.17, 15) is 8.42 Å². The van der Waals surface area contributed by atoms with Crippen LogP contribution in [-0.2, 0) is 10.3 Å². The van der Waals surface area contributed by atoms with Crippen LogP contribution in [0.3, 0.4) is 0 Å². The summed E-state index contributed by atoms with van der Waals surface area (Å²) < 4.78 is 31.3. The third-order valence-electron chi connectivity index (χ3n) is 2.40. The molecule has 0 aromatic heterocycles. The van der Waals surface area contributed by atoms with Gasteiger partial charge in [-0.05, 0) is 24.3 Å². The normalized spacial score (nSPS) is 11.7. The Morgan fingerprint density at radius 1 is 0.950 bits per heavy atom. The van der Waals surface area contributed by atoms with Gasteiger partial charge in [0.25, 0.3) is 0 Å². The van der Waals surface area contributed by atoms with Gasteiger partial charge in [0.15, 0.2) is 0 Å². The lowest BCUT2D eigenvalue weighted by molar-refractivity contribution is 0.478. The highest BCUT2D eigenvalue weighted by molar-refractivity contribution is 7.87. The number of hydrazine groups is 1. The topological polar surface area (TPSA) is 108 Å². The molecule has 0 heterocycles. The molecule has 0 atom stereocenters. The Labute approximate surface area is 116 Å². The molecular weight excluding hydrogens is 280 g/mol. The molecule has 0 unspecified atom stereocenters. The summed E-state index contributed by atoms with van der Waals surface area (Å²) in [6.45, 7) is 0. The standard InChI is InChI=1S/C12H12N4O3S/c13-16(20(17,18)19)12-9-5-4-8-11(12)15-14-10-6-2-1-3-7-10/h1-9H,13H2,(H,17,18,19). The maximum atomic E-state index is 11.0. The lowest BCUT2D eigenvalue weighted by Gasteiger charge is -2.15. The van der Waals surface area contributed by atoms with Gasteiger partial charge in [0, 0.05) is 0 Å². The van der Waals surface area contributed by atoms with Crippen LogP contribution >= 0.6 is 0 Å². The van der Waals surface area contributed by atoms with E-state index in [2.05, 4.69) is 10.2 Å². The van der Waals surface area contributed by atoms with E-state index in [0.717, 1.165) is 0 Å². The van der Waals surface area contributed by atoms with E-state index in [1.807, 2.05) is 6.07 Å². The summed E-state index contributed by atoms with van der Waals surface area (Å²) in [5, 5.41) is 7.91. The van der Waals surface area contributed by atoms with Gasteiger partial charge in [0.2, 0.25) is 0 Å². The van der Waals surface area contributed by atoms with Crippen molar-refractivity contribution in [3.05, 3.63) is 54.6 Å². The van der Waals surface area contributed by atoms with Crippen LogP contribution in [0.15, 0.2) is 64.8 Å². The van der Waals surface area contributed by atoms with Gasteiger partial charge in [-0.15, -0.1) is 5.11 Å². The van der Waals surface area contributed by atoms with Crippen LogP contribution < -0.4 is 10.3 Å². The van der Waals surface area contributed by atoms with E-state index < -0.39 is 10.3 Å². The van der Waals surface area contributed by atoms with Crippen LogP contribution in [0.2, 0.25) is 0 Å². The lowest BCUT2D eigenvalue weighted by Crippen LogP contribution is -2.36. The van der Waals surface area contributed by atoms with Crippen molar-refractivity contribution in [2.75, 3.05) is 4.41 Å². The molecule has 0 fully saturated rings. The van der Waals surface area contributed by atoms with Crippen LogP contribution in [0.1, 0.15) is 0 Å². The highest BCUT2D eigenvalue weighted by atomic mass is 32.2. The van der Waals surface area contributed by atoms with E-state index in [1.165, 1.54) is 12.1 Å². The van der Waals surface area contributed by atoms with Gasteiger partial charge >= 0.3 is 10.3 Å². The number of nitrogens with two attached hydrogens (primary N) is 1. The van der Waals surface area contributed by atoms with Gasteiger partial charge in [0.1, 0.15) is 5.69 Å². The zero-order valence-electron chi connectivity index (χ0n) is 10.3. The SMILES string of the molecule is NN(c1ccccc1N=Nc1ccccc1)S(=O)(=O)O. The van der Waals surface area contributed by atoms with Crippen LogP contribution in [0.25, 0.3) is 0 Å².